The molecule has 0 saturated heterocycles. The smallest absolute Gasteiger partial charge is 0.228 e. The molecule has 0 fully saturated rings. The second-order valence-electron chi connectivity index (χ2n) is 9.13. The summed E-state index contributed by atoms with van der Waals surface area (Å²) in [7, 11) is 0. The molecule has 0 saturated carbocycles. The van der Waals surface area contributed by atoms with E-state index in [9.17, 15) is 9.90 Å². The molecule has 0 aliphatic carbocycles. The molecular weight excluding hydrogens is 496 g/mol. The van der Waals surface area contributed by atoms with Gasteiger partial charge in [0.1, 0.15) is 23.3 Å². The van der Waals surface area contributed by atoms with E-state index in [1.54, 1.807) is 32.2 Å². The van der Waals surface area contributed by atoms with E-state index in [1.165, 1.54) is 6.33 Å². The van der Waals surface area contributed by atoms with Crippen LogP contribution in [0.25, 0.3) is 22.0 Å². The summed E-state index contributed by atoms with van der Waals surface area (Å²) in [6.07, 6.45) is 4.98. The van der Waals surface area contributed by atoms with E-state index in [0.717, 1.165) is 16.4 Å². The Hall–Kier alpha value is -4.15. The average Bonchev–Trinajstić information content (AvgIpc) is 3.54. The second-order valence-corrected chi connectivity index (χ2v) is 9.54. The Morgan fingerprint density at radius 3 is 2.86 bits per heavy atom. The highest BCUT2D eigenvalue weighted by molar-refractivity contribution is 6.32. The van der Waals surface area contributed by atoms with E-state index in [1.807, 2.05) is 41.1 Å². The number of fused-ring (bicyclic) bond motifs is 2. The van der Waals surface area contributed by atoms with Crippen LogP contribution in [0.1, 0.15) is 13.8 Å². The summed E-state index contributed by atoms with van der Waals surface area (Å²) in [5.41, 5.74) is 2.04. The van der Waals surface area contributed by atoms with Crippen molar-refractivity contribution in [1.29, 1.82) is 0 Å². The standard InChI is InChI=1S/C26H25ClN6O4/c1-26(2,14-34)25(35)28-9-11-33-10-8-19-23(33)24(30-15-29-19)32-16-6-7-22(18(27)12-16)36-20-4-3-5-21-17(20)13-31-37-21/h3-8,10,12-13,15,34H,9,11,14H2,1-2H3,(H,28,35)(H,29,30,32). The van der Waals surface area contributed by atoms with E-state index < -0.39 is 5.41 Å². The van der Waals surface area contributed by atoms with Crippen LogP contribution >= 0.6 is 11.6 Å². The van der Waals surface area contributed by atoms with Gasteiger partial charge in [0.25, 0.3) is 0 Å². The van der Waals surface area contributed by atoms with Gasteiger partial charge < -0.3 is 29.6 Å². The van der Waals surface area contributed by atoms with Crippen LogP contribution in [0.5, 0.6) is 11.5 Å². The van der Waals surface area contributed by atoms with Gasteiger partial charge in [-0.05, 0) is 50.2 Å². The number of hydrogen-bond donors (Lipinski definition) is 3. The third kappa shape index (κ3) is 5.07. The number of ether oxygens (including phenoxy) is 1. The lowest BCUT2D eigenvalue weighted by molar-refractivity contribution is -0.131. The van der Waals surface area contributed by atoms with Gasteiger partial charge in [0, 0.05) is 25.0 Å². The fourth-order valence-corrected chi connectivity index (χ4v) is 4.00. The number of nitrogens with one attached hydrogen (secondary N) is 2. The molecule has 5 aromatic rings. The largest absolute Gasteiger partial charge is 0.455 e. The van der Waals surface area contributed by atoms with Gasteiger partial charge in [-0.25, -0.2) is 9.97 Å². The molecule has 190 valence electrons. The Morgan fingerprint density at radius 2 is 2.05 bits per heavy atom. The van der Waals surface area contributed by atoms with Crippen molar-refractivity contribution in [2.75, 3.05) is 18.5 Å². The Morgan fingerprint density at radius 1 is 1.19 bits per heavy atom. The Bertz CT molecular complexity index is 1580. The van der Waals surface area contributed by atoms with Crippen molar-refractivity contribution in [3.8, 4) is 11.5 Å². The van der Waals surface area contributed by atoms with E-state index in [4.69, 9.17) is 20.9 Å². The van der Waals surface area contributed by atoms with Crippen molar-refractivity contribution in [1.82, 2.24) is 25.0 Å². The minimum atomic E-state index is -0.842. The number of anilines is 2. The SMILES string of the molecule is CC(C)(CO)C(=O)NCCn1ccc2ncnc(Nc3ccc(Oc4cccc5oncc45)c(Cl)c3)c21. The summed E-state index contributed by atoms with van der Waals surface area (Å²) < 4.78 is 13.2. The highest BCUT2D eigenvalue weighted by Gasteiger charge is 2.26. The molecule has 1 amide bonds. The normalized spacial score (nSPS) is 11.7. The summed E-state index contributed by atoms with van der Waals surface area (Å²) in [6, 6.07) is 12.7. The molecule has 0 radical (unpaired) electrons. The van der Waals surface area contributed by atoms with Crippen molar-refractivity contribution >= 4 is 51.0 Å². The number of aliphatic hydroxyl groups excluding tert-OH is 1. The van der Waals surface area contributed by atoms with Crippen molar-refractivity contribution in [2.24, 2.45) is 5.41 Å². The van der Waals surface area contributed by atoms with Gasteiger partial charge in [-0.3, -0.25) is 4.79 Å². The van der Waals surface area contributed by atoms with Crippen LogP contribution in [0.2, 0.25) is 5.02 Å². The number of hydrogen-bond acceptors (Lipinski definition) is 8. The number of carbonyl (C=O) groups is 1. The molecule has 10 nitrogen and oxygen atoms in total. The Balaban J connectivity index is 1.33. The van der Waals surface area contributed by atoms with Gasteiger partial charge in [-0.2, -0.15) is 0 Å². The van der Waals surface area contributed by atoms with Crippen LogP contribution in [-0.2, 0) is 11.3 Å². The summed E-state index contributed by atoms with van der Waals surface area (Å²) in [4.78, 5) is 21.0. The zero-order chi connectivity index (χ0) is 26.0. The van der Waals surface area contributed by atoms with E-state index in [0.29, 0.717) is 46.7 Å². The van der Waals surface area contributed by atoms with Crippen LogP contribution in [0.15, 0.2) is 65.7 Å². The first-order valence-electron chi connectivity index (χ1n) is 11.6. The number of aliphatic hydroxyl groups is 1. The molecule has 0 bridgehead atoms. The summed E-state index contributed by atoms with van der Waals surface area (Å²) in [5.74, 6) is 1.46. The van der Waals surface area contributed by atoms with Crippen LogP contribution in [0, 0.1) is 5.41 Å². The topological polar surface area (TPSA) is 127 Å². The lowest BCUT2D eigenvalue weighted by atomic mass is 9.94. The highest BCUT2D eigenvalue weighted by atomic mass is 35.5. The van der Waals surface area contributed by atoms with Gasteiger partial charge in [0.2, 0.25) is 5.91 Å². The predicted molar refractivity (Wildman–Crippen MR) is 140 cm³/mol. The number of nitrogens with zero attached hydrogens (tertiary/aromatic N) is 4. The Kier molecular flexibility index (Phi) is 6.68. The molecule has 3 heterocycles. The maximum atomic E-state index is 12.3. The molecule has 0 unspecified atom stereocenters. The fraction of sp³-hybridized carbons (Fsp3) is 0.231. The highest BCUT2D eigenvalue weighted by Crippen LogP contribution is 2.36. The van der Waals surface area contributed by atoms with Crippen molar-refractivity contribution in [3.63, 3.8) is 0 Å². The third-order valence-corrected chi connectivity index (χ3v) is 6.27. The number of aromatic nitrogens is 4. The summed E-state index contributed by atoms with van der Waals surface area (Å²) >= 11 is 6.55. The summed E-state index contributed by atoms with van der Waals surface area (Å²) in [6.45, 7) is 4.05. The molecule has 5 rings (SSSR count). The first-order chi connectivity index (χ1) is 17.9. The number of amides is 1. The lowest BCUT2D eigenvalue weighted by Gasteiger charge is -2.20. The Labute approximate surface area is 217 Å². The van der Waals surface area contributed by atoms with Gasteiger partial charge in [0.15, 0.2) is 11.4 Å². The van der Waals surface area contributed by atoms with Gasteiger partial charge in [-0.1, -0.05) is 22.8 Å². The minimum Gasteiger partial charge on any atom is -0.455 e. The lowest BCUT2D eigenvalue weighted by Crippen LogP contribution is -2.40. The molecule has 0 aliphatic heterocycles. The summed E-state index contributed by atoms with van der Waals surface area (Å²) in [5, 5.41) is 20.5. The molecule has 0 atom stereocenters. The molecule has 37 heavy (non-hydrogen) atoms. The second kappa shape index (κ2) is 10.1. The van der Waals surface area contributed by atoms with Crippen molar-refractivity contribution in [2.45, 2.75) is 20.4 Å². The van der Waals surface area contributed by atoms with E-state index in [-0.39, 0.29) is 12.5 Å². The van der Waals surface area contributed by atoms with Crippen molar-refractivity contribution < 1.29 is 19.2 Å². The van der Waals surface area contributed by atoms with Crippen LogP contribution in [0.4, 0.5) is 11.5 Å². The maximum absolute atomic E-state index is 12.3. The molecule has 0 spiro atoms. The number of halogens is 1. The van der Waals surface area contributed by atoms with Gasteiger partial charge in [-0.15, -0.1) is 0 Å². The number of carbonyl (C=O) groups excluding carboxylic acids is 1. The van der Waals surface area contributed by atoms with Crippen LogP contribution < -0.4 is 15.4 Å². The quantitative estimate of drug-likeness (QED) is 0.250. The zero-order valence-corrected chi connectivity index (χ0v) is 21.0. The molecule has 3 aromatic heterocycles. The molecule has 0 aliphatic rings. The molecular formula is C26H25ClN6O4. The predicted octanol–water partition coefficient (Wildman–Crippen LogP) is 4.90. The number of rotatable bonds is 9. The van der Waals surface area contributed by atoms with Crippen LogP contribution in [-0.4, -0.2) is 43.9 Å². The van der Waals surface area contributed by atoms with Crippen LogP contribution in [0.3, 0.4) is 0 Å². The third-order valence-electron chi connectivity index (χ3n) is 5.97. The average molecular weight is 521 g/mol. The van der Waals surface area contributed by atoms with E-state index in [2.05, 4.69) is 25.8 Å². The molecule has 2 aromatic carbocycles. The maximum Gasteiger partial charge on any atom is 0.228 e. The number of benzene rings is 2. The van der Waals surface area contributed by atoms with Gasteiger partial charge in [0.05, 0.1) is 34.1 Å². The van der Waals surface area contributed by atoms with E-state index >= 15 is 0 Å². The molecule has 3 N–H and O–H groups in total. The first-order valence-corrected chi connectivity index (χ1v) is 12.0. The zero-order valence-electron chi connectivity index (χ0n) is 20.2. The minimum absolute atomic E-state index is 0.210. The molecule has 11 heteroatoms. The monoisotopic (exact) mass is 520 g/mol. The first kappa shape index (κ1) is 24.5. The van der Waals surface area contributed by atoms with Crippen molar-refractivity contribution in [3.05, 3.63) is 66.2 Å². The van der Waals surface area contributed by atoms with Gasteiger partial charge >= 0.3 is 0 Å². The fourth-order valence-electron chi connectivity index (χ4n) is 3.78.